The molecule has 0 amide bonds. The molecule has 1 fully saturated rings. The van der Waals surface area contributed by atoms with E-state index in [1.165, 1.54) is 5.56 Å². The SMILES string of the molecule is O=C(O)CCN1CCN(Cc2ccc(Cl)cc2Br)CC1. The lowest BCUT2D eigenvalue weighted by Crippen LogP contribution is -2.46. The number of carboxylic acids is 1. The van der Waals surface area contributed by atoms with Gasteiger partial charge in [0.1, 0.15) is 0 Å². The minimum atomic E-state index is -0.725. The summed E-state index contributed by atoms with van der Waals surface area (Å²) in [6.45, 7) is 5.33. The lowest BCUT2D eigenvalue weighted by atomic mass is 10.2. The van der Waals surface area contributed by atoms with Crippen molar-refractivity contribution in [2.75, 3.05) is 32.7 Å². The normalized spacial score (nSPS) is 17.3. The highest BCUT2D eigenvalue weighted by Gasteiger charge is 2.18. The van der Waals surface area contributed by atoms with Crippen LogP contribution in [-0.2, 0) is 11.3 Å². The summed E-state index contributed by atoms with van der Waals surface area (Å²) in [5.74, 6) is -0.725. The molecule has 1 aliphatic heterocycles. The highest BCUT2D eigenvalue weighted by molar-refractivity contribution is 9.10. The van der Waals surface area contributed by atoms with Crippen molar-refractivity contribution < 1.29 is 9.90 Å². The van der Waals surface area contributed by atoms with Crippen molar-refractivity contribution >= 4 is 33.5 Å². The number of hydrogen-bond donors (Lipinski definition) is 1. The number of carbonyl (C=O) groups is 1. The Morgan fingerprint density at radius 2 is 1.90 bits per heavy atom. The third kappa shape index (κ3) is 4.74. The maximum atomic E-state index is 10.6. The van der Waals surface area contributed by atoms with Crippen LogP contribution in [0.3, 0.4) is 0 Å². The van der Waals surface area contributed by atoms with Crippen molar-refractivity contribution in [1.82, 2.24) is 9.80 Å². The van der Waals surface area contributed by atoms with Crippen LogP contribution in [0.5, 0.6) is 0 Å². The molecule has 1 saturated heterocycles. The van der Waals surface area contributed by atoms with Crippen molar-refractivity contribution in [3.8, 4) is 0 Å². The zero-order chi connectivity index (χ0) is 14.5. The standard InChI is InChI=1S/C14H18BrClN2O2/c15-13-9-12(16)2-1-11(13)10-18-7-5-17(6-8-18)4-3-14(19)20/h1-2,9H,3-8,10H2,(H,19,20). The molecular formula is C14H18BrClN2O2. The van der Waals surface area contributed by atoms with Crippen LogP contribution in [0.1, 0.15) is 12.0 Å². The van der Waals surface area contributed by atoms with Crippen LogP contribution < -0.4 is 0 Å². The molecular weight excluding hydrogens is 344 g/mol. The van der Waals surface area contributed by atoms with Gasteiger partial charge in [-0.1, -0.05) is 33.6 Å². The van der Waals surface area contributed by atoms with Gasteiger partial charge in [-0.15, -0.1) is 0 Å². The van der Waals surface area contributed by atoms with Gasteiger partial charge < -0.3 is 10.0 Å². The van der Waals surface area contributed by atoms with E-state index < -0.39 is 5.97 Å². The number of nitrogens with zero attached hydrogens (tertiary/aromatic N) is 2. The first-order valence-electron chi connectivity index (χ1n) is 6.65. The highest BCUT2D eigenvalue weighted by atomic mass is 79.9. The minimum absolute atomic E-state index is 0.225. The van der Waals surface area contributed by atoms with E-state index in [1.807, 2.05) is 18.2 Å². The number of rotatable bonds is 5. The summed E-state index contributed by atoms with van der Waals surface area (Å²) in [6.07, 6.45) is 0.225. The molecule has 6 heteroatoms. The number of halogens is 2. The van der Waals surface area contributed by atoms with E-state index in [9.17, 15) is 4.79 Å². The summed E-state index contributed by atoms with van der Waals surface area (Å²) >= 11 is 9.48. The summed E-state index contributed by atoms with van der Waals surface area (Å²) in [4.78, 5) is 15.1. The average Bonchev–Trinajstić information content (AvgIpc) is 2.41. The Bertz CT molecular complexity index is 476. The smallest absolute Gasteiger partial charge is 0.304 e. The van der Waals surface area contributed by atoms with Crippen LogP contribution in [0.4, 0.5) is 0 Å². The summed E-state index contributed by atoms with van der Waals surface area (Å²) in [5.41, 5.74) is 1.23. The van der Waals surface area contributed by atoms with Gasteiger partial charge in [0.05, 0.1) is 6.42 Å². The average molecular weight is 362 g/mol. The third-order valence-electron chi connectivity index (χ3n) is 3.52. The van der Waals surface area contributed by atoms with Gasteiger partial charge in [-0.05, 0) is 17.7 Å². The van der Waals surface area contributed by atoms with Crippen molar-refractivity contribution in [3.05, 3.63) is 33.3 Å². The Morgan fingerprint density at radius 1 is 1.25 bits per heavy atom. The van der Waals surface area contributed by atoms with E-state index in [0.717, 1.165) is 42.2 Å². The molecule has 20 heavy (non-hydrogen) atoms. The number of piperazine rings is 1. The fraction of sp³-hybridized carbons (Fsp3) is 0.500. The second-order valence-corrected chi connectivity index (χ2v) is 6.29. The summed E-state index contributed by atoms with van der Waals surface area (Å²) in [6, 6.07) is 5.87. The molecule has 1 aliphatic rings. The van der Waals surface area contributed by atoms with Gasteiger partial charge in [-0.3, -0.25) is 9.69 Å². The van der Waals surface area contributed by atoms with Gasteiger partial charge >= 0.3 is 5.97 Å². The van der Waals surface area contributed by atoms with Crippen LogP contribution in [0.15, 0.2) is 22.7 Å². The monoisotopic (exact) mass is 360 g/mol. The van der Waals surface area contributed by atoms with Crippen LogP contribution in [-0.4, -0.2) is 53.6 Å². The van der Waals surface area contributed by atoms with Crippen LogP contribution in [0.2, 0.25) is 5.02 Å². The summed E-state index contributed by atoms with van der Waals surface area (Å²) in [7, 11) is 0. The molecule has 0 aliphatic carbocycles. The molecule has 0 radical (unpaired) electrons. The van der Waals surface area contributed by atoms with E-state index in [4.69, 9.17) is 16.7 Å². The van der Waals surface area contributed by atoms with Gasteiger partial charge in [-0.25, -0.2) is 0 Å². The van der Waals surface area contributed by atoms with Gasteiger partial charge in [0.15, 0.2) is 0 Å². The molecule has 0 atom stereocenters. The molecule has 0 aromatic heterocycles. The summed E-state index contributed by atoms with van der Waals surface area (Å²) < 4.78 is 1.04. The van der Waals surface area contributed by atoms with Crippen molar-refractivity contribution in [1.29, 1.82) is 0 Å². The molecule has 0 unspecified atom stereocenters. The van der Waals surface area contributed by atoms with E-state index >= 15 is 0 Å². The molecule has 1 aromatic rings. The summed E-state index contributed by atoms with van der Waals surface area (Å²) in [5, 5.41) is 9.43. The zero-order valence-electron chi connectivity index (χ0n) is 11.2. The Balaban J connectivity index is 1.80. The molecule has 4 nitrogen and oxygen atoms in total. The molecule has 1 aromatic carbocycles. The first kappa shape index (κ1) is 15.8. The number of carboxylic acid groups (broad SMARTS) is 1. The number of aliphatic carboxylic acids is 1. The Labute approximate surface area is 132 Å². The van der Waals surface area contributed by atoms with Gasteiger partial charge in [0.2, 0.25) is 0 Å². The van der Waals surface area contributed by atoms with Crippen molar-refractivity contribution in [2.45, 2.75) is 13.0 Å². The van der Waals surface area contributed by atoms with Gasteiger partial charge in [-0.2, -0.15) is 0 Å². The Morgan fingerprint density at radius 3 is 2.50 bits per heavy atom. The zero-order valence-corrected chi connectivity index (χ0v) is 13.5. The molecule has 110 valence electrons. The maximum Gasteiger partial charge on any atom is 0.304 e. The minimum Gasteiger partial charge on any atom is -0.481 e. The first-order valence-corrected chi connectivity index (χ1v) is 7.82. The largest absolute Gasteiger partial charge is 0.481 e. The van der Waals surface area contributed by atoms with E-state index in [1.54, 1.807) is 0 Å². The van der Waals surface area contributed by atoms with Crippen LogP contribution in [0.25, 0.3) is 0 Å². The first-order chi connectivity index (χ1) is 9.54. The molecule has 0 saturated carbocycles. The molecule has 0 bridgehead atoms. The number of hydrogen-bond acceptors (Lipinski definition) is 3. The lowest BCUT2D eigenvalue weighted by molar-refractivity contribution is -0.137. The second-order valence-electron chi connectivity index (χ2n) is 5.00. The fourth-order valence-corrected chi connectivity index (χ4v) is 3.12. The lowest BCUT2D eigenvalue weighted by Gasteiger charge is -2.34. The second kappa shape index (κ2) is 7.41. The molecule has 2 rings (SSSR count). The molecule has 0 spiro atoms. The highest BCUT2D eigenvalue weighted by Crippen LogP contribution is 2.23. The quantitative estimate of drug-likeness (QED) is 0.876. The topological polar surface area (TPSA) is 43.8 Å². The van der Waals surface area contributed by atoms with E-state index in [-0.39, 0.29) is 6.42 Å². The molecule has 1 heterocycles. The Hall–Kier alpha value is -0.620. The maximum absolute atomic E-state index is 10.6. The van der Waals surface area contributed by atoms with Crippen molar-refractivity contribution in [3.63, 3.8) is 0 Å². The van der Waals surface area contributed by atoms with Crippen LogP contribution in [0, 0.1) is 0 Å². The van der Waals surface area contributed by atoms with E-state index in [0.29, 0.717) is 6.54 Å². The van der Waals surface area contributed by atoms with E-state index in [2.05, 4.69) is 25.7 Å². The molecule has 1 N–H and O–H groups in total. The van der Waals surface area contributed by atoms with Crippen LogP contribution >= 0.6 is 27.5 Å². The van der Waals surface area contributed by atoms with Gasteiger partial charge in [0, 0.05) is 48.8 Å². The number of benzene rings is 1. The van der Waals surface area contributed by atoms with Gasteiger partial charge in [0.25, 0.3) is 0 Å². The predicted molar refractivity (Wildman–Crippen MR) is 83.1 cm³/mol. The predicted octanol–water partition coefficient (Wildman–Crippen LogP) is 2.69. The Kier molecular flexibility index (Phi) is 5.84. The third-order valence-corrected chi connectivity index (χ3v) is 4.49. The van der Waals surface area contributed by atoms with Crippen molar-refractivity contribution in [2.24, 2.45) is 0 Å². The fourth-order valence-electron chi connectivity index (χ4n) is 2.32.